The zero-order valence-electron chi connectivity index (χ0n) is 6.99. The summed E-state index contributed by atoms with van der Waals surface area (Å²) in [6.45, 7) is 0. The molecule has 0 saturated carbocycles. The van der Waals surface area contributed by atoms with Crippen LogP contribution in [0.15, 0.2) is 22.8 Å². The maximum absolute atomic E-state index is 11.1. The molecular formula is C7H9BrN2O2S. The second kappa shape index (κ2) is 4.17. The normalized spacial score (nSPS) is 11.5. The van der Waals surface area contributed by atoms with E-state index < -0.39 is 10.0 Å². The van der Waals surface area contributed by atoms with Crippen LogP contribution in [0.25, 0.3) is 0 Å². The maximum atomic E-state index is 11.1. The number of halogens is 1. The highest BCUT2D eigenvalue weighted by atomic mass is 79.9. The van der Waals surface area contributed by atoms with Crippen LogP contribution in [-0.4, -0.2) is 20.4 Å². The van der Waals surface area contributed by atoms with Crippen molar-refractivity contribution in [1.29, 1.82) is 0 Å². The first-order valence-corrected chi connectivity index (χ1v) is 6.00. The summed E-state index contributed by atoms with van der Waals surface area (Å²) in [5.41, 5.74) is 0.526. The second-order valence-electron chi connectivity index (χ2n) is 2.43. The van der Waals surface area contributed by atoms with Gasteiger partial charge in [0.1, 0.15) is 5.75 Å². The molecule has 4 nitrogen and oxygen atoms in total. The predicted molar refractivity (Wildman–Crippen MR) is 53.6 cm³/mol. The average molecular weight is 265 g/mol. The molecule has 0 radical (unpaired) electrons. The van der Waals surface area contributed by atoms with Gasteiger partial charge in [0.15, 0.2) is 0 Å². The number of hydrogen-bond donors (Lipinski definition) is 1. The molecule has 0 aliphatic carbocycles. The smallest absolute Gasteiger partial charge is 0.217 e. The Morgan fingerprint density at radius 2 is 2.23 bits per heavy atom. The second-order valence-corrected chi connectivity index (χ2v) is 5.27. The van der Waals surface area contributed by atoms with Crippen LogP contribution in [0.5, 0.6) is 0 Å². The molecular weight excluding hydrogens is 256 g/mol. The fourth-order valence-electron chi connectivity index (χ4n) is 0.759. The summed E-state index contributed by atoms with van der Waals surface area (Å²) in [4.78, 5) is 3.95. The summed E-state index contributed by atoms with van der Waals surface area (Å²) in [5, 5.41) is 0. The van der Waals surface area contributed by atoms with Gasteiger partial charge in [-0.05, 0) is 35.1 Å². The Balaban J connectivity index is 2.82. The topological polar surface area (TPSA) is 59.1 Å². The lowest BCUT2D eigenvalue weighted by molar-refractivity contribution is 0.586. The standard InChI is InChI=1S/C7H9BrN2O2S/c1-9-13(11,12)5-7-3-2-6(8)4-10-7/h2-4,9H,5H2,1H3. The Kier molecular flexibility index (Phi) is 3.40. The molecule has 0 bridgehead atoms. The molecule has 0 amide bonds. The summed E-state index contributed by atoms with van der Waals surface area (Å²) in [5.74, 6) is -0.0865. The molecule has 0 spiro atoms. The molecule has 1 rings (SSSR count). The highest BCUT2D eigenvalue weighted by Crippen LogP contribution is 2.08. The van der Waals surface area contributed by atoms with Crippen LogP contribution in [0.1, 0.15) is 5.69 Å². The summed E-state index contributed by atoms with van der Waals surface area (Å²) in [6.07, 6.45) is 1.57. The van der Waals surface area contributed by atoms with E-state index in [1.807, 2.05) is 0 Å². The predicted octanol–water partition coefficient (Wildman–Crippen LogP) is 0.893. The van der Waals surface area contributed by atoms with Crippen LogP contribution >= 0.6 is 15.9 Å². The van der Waals surface area contributed by atoms with Gasteiger partial charge in [-0.25, -0.2) is 13.1 Å². The van der Waals surface area contributed by atoms with Gasteiger partial charge < -0.3 is 0 Å². The van der Waals surface area contributed by atoms with Crippen molar-refractivity contribution < 1.29 is 8.42 Å². The van der Waals surface area contributed by atoms with Gasteiger partial charge >= 0.3 is 0 Å². The molecule has 6 heteroatoms. The molecule has 1 aromatic rings. The van der Waals surface area contributed by atoms with Crippen LogP contribution in [0, 0.1) is 0 Å². The van der Waals surface area contributed by atoms with E-state index in [0.717, 1.165) is 4.47 Å². The summed E-state index contributed by atoms with van der Waals surface area (Å²) in [7, 11) is -1.83. The number of nitrogens with zero attached hydrogens (tertiary/aromatic N) is 1. The van der Waals surface area contributed by atoms with Gasteiger partial charge in [0.05, 0.1) is 5.69 Å². The van der Waals surface area contributed by atoms with Crippen LogP contribution in [-0.2, 0) is 15.8 Å². The third-order valence-electron chi connectivity index (χ3n) is 1.44. The van der Waals surface area contributed by atoms with Gasteiger partial charge in [-0.15, -0.1) is 0 Å². The van der Waals surface area contributed by atoms with Crippen molar-refractivity contribution in [2.75, 3.05) is 7.05 Å². The van der Waals surface area contributed by atoms with E-state index in [1.54, 1.807) is 18.3 Å². The van der Waals surface area contributed by atoms with Crippen LogP contribution in [0.3, 0.4) is 0 Å². The molecule has 1 N–H and O–H groups in total. The first-order valence-electron chi connectivity index (χ1n) is 3.55. The SMILES string of the molecule is CNS(=O)(=O)Cc1ccc(Br)cn1. The molecule has 72 valence electrons. The van der Waals surface area contributed by atoms with Crippen molar-refractivity contribution >= 4 is 26.0 Å². The molecule has 0 aliphatic rings. The Morgan fingerprint density at radius 3 is 2.69 bits per heavy atom. The fourth-order valence-corrected chi connectivity index (χ4v) is 1.70. The van der Waals surface area contributed by atoms with E-state index in [2.05, 4.69) is 25.6 Å². The van der Waals surface area contributed by atoms with Crippen molar-refractivity contribution in [3.8, 4) is 0 Å². The number of aromatic nitrogens is 1. The zero-order chi connectivity index (χ0) is 9.90. The molecule has 13 heavy (non-hydrogen) atoms. The van der Waals surface area contributed by atoms with Gasteiger partial charge in [-0.1, -0.05) is 0 Å². The monoisotopic (exact) mass is 264 g/mol. The number of rotatable bonds is 3. The molecule has 0 unspecified atom stereocenters. The van der Waals surface area contributed by atoms with Crippen LogP contribution < -0.4 is 4.72 Å². The van der Waals surface area contributed by atoms with Crippen molar-refractivity contribution in [2.24, 2.45) is 0 Å². The number of hydrogen-bond acceptors (Lipinski definition) is 3. The van der Waals surface area contributed by atoms with E-state index in [0.29, 0.717) is 5.69 Å². The van der Waals surface area contributed by atoms with Crippen LogP contribution in [0.4, 0.5) is 0 Å². The first kappa shape index (κ1) is 10.6. The molecule has 0 fully saturated rings. The minimum Gasteiger partial charge on any atom is -0.259 e. The molecule has 0 atom stereocenters. The summed E-state index contributed by atoms with van der Waals surface area (Å²) >= 11 is 3.21. The first-order chi connectivity index (χ1) is 6.03. The molecule has 1 heterocycles. The van der Waals surface area contributed by atoms with Crippen molar-refractivity contribution in [1.82, 2.24) is 9.71 Å². The Bertz CT molecular complexity index is 374. The molecule has 0 aliphatic heterocycles. The van der Waals surface area contributed by atoms with Gasteiger partial charge in [0, 0.05) is 10.7 Å². The Morgan fingerprint density at radius 1 is 1.54 bits per heavy atom. The maximum Gasteiger partial charge on any atom is 0.217 e. The number of pyridine rings is 1. The highest BCUT2D eigenvalue weighted by Gasteiger charge is 2.08. The van der Waals surface area contributed by atoms with Gasteiger partial charge in [-0.2, -0.15) is 0 Å². The third kappa shape index (κ3) is 3.41. The van der Waals surface area contributed by atoms with E-state index in [1.165, 1.54) is 7.05 Å². The van der Waals surface area contributed by atoms with Gasteiger partial charge in [0.2, 0.25) is 10.0 Å². The number of nitrogens with one attached hydrogen (secondary N) is 1. The quantitative estimate of drug-likeness (QED) is 0.883. The highest BCUT2D eigenvalue weighted by molar-refractivity contribution is 9.10. The number of sulfonamides is 1. The van der Waals surface area contributed by atoms with E-state index in [-0.39, 0.29) is 5.75 Å². The minimum absolute atomic E-state index is 0.0865. The van der Waals surface area contributed by atoms with Gasteiger partial charge in [-0.3, -0.25) is 4.98 Å². The minimum atomic E-state index is -3.21. The van der Waals surface area contributed by atoms with Gasteiger partial charge in [0.25, 0.3) is 0 Å². The van der Waals surface area contributed by atoms with E-state index in [9.17, 15) is 8.42 Å². The lowest BCUT2D eigenvalue weighted by Crippen LogP contribution is -2.20. The van der Waals surface area contributed by atoms with E-state index >= 15 is 0 Å². The lowest BCUT2D eigenvalue weighted by Gasteiger charge is -2.01. The lowest BCUT2D eigenvalue weighted by atomic mass is 10.4. The van der Waals surface area contributed by atoms with Crippen LogP contribution in [0.2, 0.25) is 0 Å². The summed E-state index contributed by atoms with van der Waals surface area (Å²) < 4.78 is 25.2. The third-order valence-corrected chi connectivity index (χ3v) is 3.20. The van der Waals surface area contributed by atoms with Crippen molar-refractivity contribution in [2.45, 2.75) is 5.75 Å². The largest absolute Gasteiger partial charge is 0.259 e. The molecule has 1 aromatic heterocycles. The summed E-state index contributed by atoms with van der Waals surface area (Å²) in [6, 6.07) is 3.42. The Labute approximate surface area is 85.6 Å². The zero-order valence-corrected chi connectivity index (χ0v) is 9.39. The fraction of sp³-hybridized carbons (Fsp3) is 0.286. The Hall–Kier alpha value is -0.460. The van der Waals surface area contributed by atoms with E-state index in [4.69, 9.17) is 0 Å². The molecule has 0 aromatic carbocycles. The van der Waals surface area contributed by atoms with Crippen molar-refractivity contribution in [3.05, 3.63) is 28.5 Å². The molecule has 0 saturated heterocycles. The van der Waals surface area contributed by atoms with Crippen molar-refractivity contribution in [3.63, 3.8) is 0 Å². The average Bonchev–Trinajstić information content (AvgIpc) is 2.09.